The standard InChI is InChI=1S/C32H40O6/c1-7-25-37-29-27-18(2)22(33)17-21(31(27,4)5)28(35)26-19(3)23(15-16-32(26,6)30(29)38-25)36-24(34)14-13-20-11-9-8-10-12-20/h8-14,21,23,25-26,28-30,35H,3,7,15-17H2,1-2,4-6H3/b14-13+/t21-,23+,25?,26+,28-,29-,30+,32-/m1/s1. The van der Waals surface area contributed by atoms with Gasteiger partial charge in [-0.1, -0.05) is 64.6 Å². The monoisotopic (exact) mass is 520 g/mol. The van der Waals surface area contributed by atoms with Gasteiger partial charge in [-0.05, 0) is 60.0 Å². The van der Waals surface area contributed by atoms with Crippen LogP contribution < -0.4 is 0 Å². The first-order valence-electron chi connectivity index (χ1n) is 13.8. The first kappa shape index (κ1) is 27.0. The predicted molar refractivity (Wildman–Crippen MR) is 145 cm³/mol. The Morgan fingerprint density at radius 3 is 2.61 bits per heavy atom. The Hall–Kier alpha value is -2.54. The molecule has 204 valence electrons. The number of allylic oxidation sites excluding steroid dienone is 1. The topological polar surface area (TPSA) is 82.1 Å². The van der Waals surface area contributed by atoms with Crippen LogP contribution in [0.2, 0.25) is 0 Å². The summed E-state index contributed by atoms with van der Waals surface area (Å²) in [5, 5.41) is 12.1. The van der Waals surface area contributed by atoms with Crippen molar-refractivity contribution >= 4 is 17.8 Å². The predicted octanol–water partition coefficient (Wildman–Crippen LogP) is 5.41. The Kier molecular flexibility index (Phi) is 7.04. The van der Waals surface area contributed by atoms with Gasteiger partial charge in [0.05, 0.1) is 12.2 Å². The molecule has 1 unspecified atom stereocenters. The summed E-state index contributed by atoms with van der Waals surface area (Å²) >= 11 is 0. The fraction of sp³-hybridized carbons (Fsp3) is 0.562. The second kappa shape index (κ2) is 9.89. The number of hydrogen-bond donors (Lipinski definition) is 1. The van der Waals surface area contributed by atoms with Gasteiger partial charge in [0.1, 0.15) is 12.2 Å². The third-order valence-electron chi connectivity index (χ3n) is 9.68. The van der Waals surface area contributed by atoms with Crippen LogP contribution in [-0.4, -0.2) is 47.6 Å². The molecule has 4 aliphatic rings. The van der Waals surface area contributed by atoms with Gasteiger partial charge in [-0.15, -0.1) is 0 Å². The second-order valence-electron chi connectivity index (χ2n) is 12.2. The van der Waals surface area contributed by atoms with E-state index in [0.29, 0.717) is 24.8 Å². The van der Waals surface area contributed by atoms with Crippen molar-refractivity contribution in [2.75, 3.05) is 0 Å². The van der Waals surface area contributed by atoms with Crippen LogP contribution in [0.5, 0.6) is 0 Å². The lowest BCUT2D eigenvalue weighted by atomic mass is 9.49. The van der Waals surface area contributed by atoms with Gasteiger partial charge in [-0.2, -0.15) is 0 Å². The maximum atomic E-state index is 13.2. The van der Waals surface area contributed by atoms with Crippen molar-refractivity contribution in [2.24, 2.45) is 22.7 Å². The molecule has 2 bridgehead atoms. The number of fused-ring (bicyclic) bond motifs is 6. The number of carbonyl (C=O) groups excluding carboxylic acids is 2. The fourth-order valence-electron chi connectivity index (χ4n) is 7.59. The normalized spacial score (nSPS) is 38.4. The van der Waals surface area contributed by atoms with Gasteiger partial charge in [0.2, 0.25) is 0 Å². The van der Waals surface area contributed by atoms with Crippen LogP contribution in [-0.2, 0) is 23.8 Å². The van der Waals surface area contributed by atoms with Crippen LogP contribution in [0.15, 0.2) is 59.7 Å². The maximum Gasteiger partial charge on any atom is 0.331 e. The lowest BCUT2D eigenvalue weighted by molar-refractivity contribution is -0.155. The Balaban J connectivity index is 1.49. The zero-order valence-corrected chi connectivity index (χ0v) is 23.1. The van der Waals surface area contributed by atoms with Crippen molar-refractivity contribution in [2.45, 2.75) is 91.0 Å². The van der Waals surface area contributed by atoms with Crippen LogP contribution in [0.3, 0.4) is 0 Å². The molecule has 1 aromatic carbocycles. The van der Waals surface area contributed by atoms with E-state index in [1.807, 2.05) is 44.2 Å². The Morgan fingerprint density at radius 1 is 1.21 bits per heavy atom. The zero-order valence-electron chi connectivity index (χ0n) is 23.1. The summed E-state index contributed by atoms with van der Waals surface area (Å²) in [4.78, 5) is 26.0. The van der Waals surface area contributed by atoms with Gasteiger partial charge in [-0.25, -0.2) is 4.79 Å². The first-order chi connectivity index (χ1) is 18.0. The molecule has 1 N–H and O–H groups in total. The number of hydrogen-bond acceptors (Lipinski definition) is 6. The van der Waals surface area contributed by atoms with E-state index in [-0.39, 0.29) is 36.6 Å². The molecule has 1 saturated heterocycles. The number of ether oxygens (including phenoxy) is 3. The summed E-state index contributed by atoms with van der Waals surface area (Å²) in [6.07, 6.45) is 2.89. The summed E-state index contributed by atoms with van der Waals surface area (Å²) in [7, 11) is 0. The third kappa shape index (κ3) is 4.31. The van der Waals surface area contributed by atoms with E-state index in [2.05, 4.69) is 27.4 Å². The molecule has 6 heteroatoms. The SMILES string of the molecule is C=C1[C@@H](OC(=O)/C=C/c2ccccc2)CC[C@@]2(C)[C@H]3OC(CC)O[C@@H]3C3=C(C)C(=O)C[C@H]([C@@H](O)[C@H]12)C3(C)C. The van der Waals surface area contributed by atoms with Gasteiger partial charge in [0, 0.05) is 29.7 Å². The van der Waals surface area contributed by atoms with Crippen LogP contribution in [0.4, 0.5) is 0 Å². The summed E-state index contributed by atoms with van der Waals surface area (Å²) in [5.41, 5.74) is 2.32. The van der Waals surface area contributed by atoms with Gasteiger partial charge >= 0.3 is 5.97 Å². The highest BCUT2D eigenvalue weighted by Gasteiger charge is 2.63. The smallest absolute Gasteiger partial charge is 0.331 e. The van der Waals surface area contributed by atoms with Gasteiger partial charge in [0.25, 0.3) is 0 Å². The number of esters is 1. The van der Waals surface area contributed by atoms with E-state index in [1.54, 1.807) is 6.08 Å². The van der Waals surface area contributed by atoms with Crippen LogP contribution in [0.1, 0.15) is 65.9 Å². The van der Waals surface area contributed by atoms with E-state index < -0.39 is 34.9 Å². The maximum absolute atomic E-state index is 13.2. The average molecular weight is 521 g/mol. The van der Waals surface area contributed by atoms with Gasteiger partial charge in [0.15, 0.2) is 12.1 Å². The largest absolute Gasteiger partial charge is 0.455 e. The van der Waals surface area contributed by atoms with Crippen molar-refractivity contribution < 1.29 is 28.9 Å². The van der Waals surface area contributed by atoms with Crippen molar-refractivity contribution in [3.63, 3.8) is 0 Å². The highest BCUT2D eigenvalue weighted by molar-refractivity contribution is 5.97. The summed E-state index contributed by atoms with van der Waals surface area (Å²) in [5.74, 6) is -1.13. The first-order valence-corrected chi connectivity index (χ1v) is 13.8. The van der Waals surface area contributed by atoms with Crippen molar-refractivity contribution in [3.8, 4) is 0 Å². The summed E-state index contributed by atoms with van der Waals surface area (Å²) in [6.45, 7) is 14.7. The van der Waals surface area contributed by atoms with Gasteiger partial charge in [-0.3, -0.25) is 4.79 Å². The highest BCUT2D eigenvalue weighted by Crippen LogP contribution is 2.61. The number of carbonyl (C=O) groups is 2. The Labute approximate surface area is 225 Å². The molecule has 6 nitrogen and oxygen atoms in total. The molecule has 0 aromatic heterocycles. The average Bonchev–Trinajstić information content (AvgIpc) is 3.31. The molecule has 38 heavy (non-hydrogen) atoms. The molecule has 8 atom stereocenters. The number of benzene rings is 1. The molecule has 0 amide bonds. The van der Waals surface area contributed by atoms with Crippen molar-refractivity contribution in [1.29, 1.82) is 0 Å². The van der Waals surface area contributed by atoms with E-state index in [9.17, 15) is 14.7 Å². The summed E-state index contributed by atoms with van der Waals surface area (Å²) < 4.78 is 19.0. The minimum atomic E-state index is -0.846. The third-order valence-corrected chi connectivity index (χ3v) is 9.68. The molecule has 1 heterocycles. The minimum absolute atomic E-state index is 0.0460. The molecule has 1 aromatic rings. The van der Waals surface area contributed by atoms with Crippen molar-refractivity contribution in [1.82, 2.24) is 0 Å². The highest BCUT2D eigenvalue weighted by atomic mass is 16.7. The molecule has 5 rings (SSSR count). The molecule has 2 saturated carbocycles. The molecule has 0 radical (unpaired) electrons. The van der Waals surface area contributed by atoms with Gasteiger partial charge < -0.3 is 19.3 Å². The molecular formula is C32H40O6. The van der Waals surface area contributed by atoms with E-state index in [0.717, 1.165) is 16.7 Å². The number of rotatable bonds is 4. The zero-order chi connectivity index (χ0) is 27.4. The Bertz CT molecular complexity index is 1180. The number of aliphatic hydroxyl groups excluding tert-OH is 1. The lowest BCUT2D eigenvalue weighted by Crippen LogP contribution is -2.61. The molecule has 3 fully saturated rings. The van der Waals surface area contributed by atoms with E-state index >= 15 is 0 Å². The summed E-state index contributed by atoms with van der Waals surface area (Å²) in [6, 6.07) is 9.58. The fourth-order valence-corrected chi connectivity index (χ4v) is 7.59. The molecular weight excluding hydrogens is 480 g/mol. The molecule has 1 aliphatic heterocycles. The minimum Gasteiger partial charge on any atom is -0.455 e. The van der Waals surface area contributed by atoms with E-state index in [1.165, 1.54) is 6.08 Å². The van der Waals surface area contributed by atoms with Crippen LogP contribution >= 0.6 is 0 Å². The number of Topliss-reactive ketones (excluding diaryl/α,β-unsaturated/α-hetero) is 1. The van der Waals surface area contributed by atoms with Crippen molar-refractivity contribution in [3.05, 3.63) is 65.3 Å². The van der Waals surface area contributed by atoms with Crippen LogP contribution in [0.25, 0.3) is 6.08 Å². The second-order valence-corrected chi connectivity index (χ2v) is 12.2. The molecule has 3 aliphatic carbocycles. The Morgan fingerprint density at radius 2 is 1.92 bits per heavy atom. The number of aliphatic hydroxyl groups is 1. The molecule has 0 spiro atoms. The van der Waals surface area contributed by atoms with E-state index in [4.69, 9.17) is 14.2 Å². The quantitative estimate of drug-likeness (QED) is 0.325. The number of ketones is 1. The lowest BCUT2D eigenvalue weighted by Gasteiger charge is -2.57. The van der Waals surface area contributed by atoms with Crippen LogP contribution in [0, 0.1) is 22.7 Å².